The maximum Gasteiger partial charge on any atom is 0.251 e. The van der Waals surface area contributed by atoms with Crippen molar-refractivity contribution < 1.29 is 13.2 Å². The van der Waals surface area contributed by atoms with Crippen LogP contribution in [0.2, 0.25) is 5.02 Å². The summed E-state index contributed by atoms with van der Waals surface area (Å²) in [5.41, 5.74) is 3.57. The van der Waals surface area contributed by atoms with Crippen LogP contribution in [0.3, 0.4) is 0 Å². The van der Waals surface area contributed by atoms with Crippen LogP contribution in [0.1, 0.15) is 59.3 Å². The third kappa shape index (κ3) is 4.82. The third-order valence-electron chi connectivity index (χ3n) is 5.37. The summed E-state index contributed by atoms with van der Waals surface area (Å²) >= 11 is 6.20. The number of nitrogens with zero attached hydrogens (tertiary/aromatic N) is 1. The maximum absolute atomic E-state index is 13.0. The number of piperidine rings is 1. The summed E-state index contributed by atoms with van der Waals surface area (Å²) in [6.07, 6.45) is 2.70. The molecule has 0 bridgehead atoms. The first-order valence-electron chi connectivity index (χ1n) is 9.88. The number of hydrogen-bond acceptors (Lipinski definition) is 3. The van der Waals surface area contributed by atoms with Crippen LogP contribution in [0.15, 0.2) is 41.3 Å². The highest BCUT2D eigenvalue weighted by Crippen LogP contribution is 2.28. The molecule has 0 aromatic heterocycles. The molecule has 1 amide bonds. The van der Waals surface area contributed by atoms with E-state index in [2.05, 4.69) is 11.4 Å². The highest BCUT2D eigenvalue weighted by atomic mass is 35.5. The summed E-state index contributed by atoms with van der Waals surface area (Å²) in [5.74, 6) is -0.329. The standard InChI is InChI=1S/C22H27ClN2O3S/c1-15-7-9-19(16(2)13-15)17(3)24-22(26)18-8-10-20(23)21(14-18)29(27,28)25-11-5-4-6-12-25/h7-10,13-14,17H,4-6,11-12H2,1-3H3,(H,24,26)/t17-/m0/s1. The highest BCUT2D eigenvalue weighted by molar-refractivity contribution is 7.89. The van der Waals surface area contributed by atoms with Gasteiger partial charge >= 0.3 is 0 Å². The van der Waals surface area contributed by atoms with Gasteiger partial charge in [0.1, 0.15) is 4.90 Å². The molecule has 0 spiro atoms. The van der Waals surface area contributed by atoms with Crippen LogP contribution in [0.25, 0.3) is 0 Å². The lowest BCUT2D eigenvalue weighted by Crippen LogP contribution is -2.36. The number of carbonyl (C=O) groups is 1. The Hall–Kier alpha value is -1.89. The molecule has 1 saturated heterocycles. The third-order valence-corrected chi connectivity index (χ3v) is 7.75. The molecule has 156 valence electrons. The van der Waals surface area contributed by atoms with E-state index < -0.39 is 10.0 Å². The van der Waals surface area contributed by atoms with Gasteiger partial charge in [0.25, 0.3) is 5.91 Å². The monoisotopic (exact) mass is 434 g/mol. The van der Waals surface area contributed by atoms with E-state index in [-0.39, 0.29) is 27.4 Å². The Kier molecular flexibility index (Phi) is 6.66. The molecule has 1 N–H and O–H groups in total. The largest absolute Gasteiger partial charge is 0.346 e. The fourth-order valence-corrected chi connectivity index (χ4v) is 5.77. The van der Waals surface area contributed by atoms with Crippen molar-refractivity contribution in [2.75, 3.05) is 13.1 Å². The summed E-state index contributed by atoms with van der Waals surface area (Å²) in [5, 5.41) is 3.09. The van der Waals surface area contributed by atoms with Crippen LogP contribution in [0.5, 0.6) is 0 Å². The number of amides is 1. The molecular formula is C22H27ClN2O3S. The van der Waals surface area contributed by atoms with Crippen molar-refractivity contribution in [2.24, 2.45) is 0 Å². The molecule has 5 nitrogen and oxygen atoms in total. The smallest absolute Gasteiger partial charge is 0.251 e. The lowest BCUT2D eigenvalue weighted by Gasteiger charge is -2.26. The molecule has 1 heterocycles. The van der Waals surface area contributed by atoms with Gasteiger partial charge in [-0.3, -0.25) is 4.79 Å². The molecule has 1 aliphatic rings. The van der Waals surface area contributed by atoms with E-state index in [1.165, 1.54) is 16.4 Å². The van der Waals surface area contributed by atoms with E-state index in [0.29, 0.717) is 13.1 Å². The van der Waals surface area contributed by atoms with Gasteiger partial charge in [-0.25, -0.2) is 8.42 Å². The first kappa shape index (κ1) is 21.8. The average Bonchev–Trinajstić information content (AvgIpc) is 2.68. The number of benzene rings is 2. The van der Waals surface area contributed by atoms with Crippen molar-refractivity contribution in [3.05, 3.63) is 63.7 Å². The van der Waals surface area contributed by atoms with Crippen LogP contribution in [-0.4, -0.2) is 31.7 Å². The summed E-state index contributed by atoms with van der Waals surface area (Å²) in [6.45, 7) is 6.92. The number of hydrogen-bond donors (Lipinski definition) is 1. The summed E-state index contributed by atoms with van der Waals surface area (Å²) < 4.78 is 27.5. The second kappa shape index (κ2) is 8.86. The molecule has 7 heteroatoms. The molecule has 29 heavy (non-hydrogen) atoms. The SMILES string of the molecule is Cc1ccc([C@H](C)NC(=O)c2ccc(Cl)c(S(=O)(=O)N3CCCCC3)c2)c(C)c1. The van der Waals surface area contributed by atoms with Gasteiger partial charge in [-0.15, -0.1) is 0 Å². The van der Waals surface area contributed by atoms with Crippen LogP contribution < -0.4 is 5.32 Å². The van der Waals surface area contributed by atoms with Gasteiger partial charge in [0, 0.05) is 18.7 Å². The zero-order valence-corrected chi connectivity index (χ0v) is 18.6. The molecule has 0 aliphatic carbocycles. The van der Waals surface area contributed by atoms with Crippen molar-refractivity contribution in [3.63, 3.8) is 0 Å². The van der Waals surface area contributed by atoms with E-state index >= 15 is 0 Å². The minimum absolute atomic E-state index is 0.00659. The zero-order chi connectivity index (χ0) is 21.2. The number of rotatable bonds is 5. The first-order valence-corrected chi connectivity index (χ1v) is 11.7. The van der Waals surface area contributed by atoms with Crippen LogP contribution in [0, 0.1) is 13.8 Å². The van der Waals surface area contributed by atoms with Crippen molar-refractivity contribution in [1.82, 2.24) is 9.62 Å². The number of nitrogens with one attached hydrogen (secondary N) is 1. The lowest BCUT2D eigenvalue weighted by molar-refractivity contribution is 0.0939. The molecule has 0 unspecified atom stereocenters. The topological polar surface area (TPSA) is 66.5 Å². The summed E-state index contributed by atoms with van der Waals surface area (Å²) in [4.78, 5) is 12.8. The Bertz CT molecular complexity index is 1010. The van der Waals surface area contributed by atoms with Crippen molar-refractivity contribution in [1.29, 1.82) is 0 Å². The Morgan fingerprint density at radius 1 is 1.07 bits per heavy atom. The quantitative estimate of drug-likeness (QED) is 0.746. The minimum Gasteiger partial charge on any atom is -0.346 e. The molecule has 1 atom stereocenters. The van der Waals surface area contributed by atoms with Crippen molar-refractivity contribution in [2.45, 2.75) is 51.0 Å². The Morgan fingerprint density at radius 3 is 2.41 bits per heavy atom. The van der Waals surface area contributed by atoms with E-state index in [0.717, 1.165) is 36.0 Å². The van der Waals surface area contributed by atoms with E-state index in [9.17, 15) is 13.2 Å². The second-order valence-corrected chi connectivity index (χ2v) is 9.98. The predicted molar refractivity (Wildman–Crippen MR) is 116 cm³/mol. The van der Waals surface area contributed by atoms with Crippen molar-refractivity contribution in [3.8, 4) is 0 Å². The lowest BCUT2D eigenvalue weighted by atomic mass is 10.00. The fraction of sp³-hybridized carbons (Fsp3) is 0.409. The summed E-state index contributed by atoms with van der Waals surface area (Å²) in [7, 11) is -3.72. The molecule has 3 rings (SSSR count). The molecule has 2 aromatic carbocycles. The van der Waals surface area contributed by atoms with Gasteiger partial charge in [-0.2, -0.15) is 4.31 Å². The number of aryl methyl sites for hydroxylation is 2. The molecule has 0 radical (unpaired) electrons. The van der Waals surface area contributed by atoms with Gasteiger partial charge in [0.15, 0.2) is 0 Å². The fourth-order valence-electron chi connectivity index (χ4n) is 3.76. The van der Waals surface area contributed by atoms with Gasteiger partial charge < -0.3 is 5.32 Å². The second-order valence-electron chi connectivity index (χ2n) is 7.67. The van der Waals surface area contributed by atoms with E-state index in [1.54, 1.807) is 6.07 Å². The maximum atomic E-state index is 13.0. The van der Waals surface area contributed by atoms with Gasteiger partial charge in [0.2, 0.25) is 10.0 Å². The Morgan fingerprint density at radius 2 is 1.76 bits per heavy atom. The number of halogens is 1. The molecule has 2 aromatic rings. The Labute approximate surface area is 178 Å². The van der Waals surface area contributed by atoms with Crippen LogP contribution in [0.4, 0.5) is 0 Å². The van der Waals surface area contributed by atoms with Crippen molar-refractivity contribution >= 4 is 27.5 Å². The molecular weight excluding hydrogens is 408 g/mol. The molecule has 1 aliphatic heterocycles. The first-order chi connectivity index (χ1) is 13.7. The van der Waals surface area contributed by atoms with Gasteiger partial charge in [0.05, 0.1) is 11.1 Å². The van der Waals surface area contributed by atoms with Gasteiger partial charge in [-0.1, -0.05) is 41.8 Å². The number of carbonyl (C=O) groups excluding carboxylic acids is 1. The highest BCUT2D eigenvalue weighted by Gasteiger charge is 2.29. The Balaban J connectivity index is 1.84. The van der Waals surface area contributed by atoms with Crippen LogP contribution >= 0.6 is 11.6 Å². The minimum atomic E-state index is -3.72. The van der Waals surface area contributed by atoms with Crippen LogP contribution in [-0.2, 0) is 10.0 Å². The molecule has 1 fully saturated rings. The zero-order valence-electron chi connectivity index (χ0n) is 17.0. The average molecular weight is 435 g/mol. The summed E-state index contributed by atoms with van der Waals surface area (Å²) in [6, 6.07) is 10.3. The molecule has 0 saturated carbocycles. The predicted octanol–water partition coefficient (Wildman–Crippen LogP) is 4.62. The van der Waals surface area contributed by atoms with E-state index in [1.807, 2.05) is 32.9 Å². The van der Waals surface area contributed by atoms with Gasteiger partial charge in [-0.05, 0) is 62.9 Å². The number of sulfonamides is 1. The van der Waals surface area contributed by atoms with E-state index in [4.69, 9.17) is 11.6 Å². The normalized spacial score (nSPS) is 16.4.